The van der Waals surface area contributed by atoms with E-state index < -0.39 is 0 Å². The fourth-order valence-electron chi connectivity index (χ4n) is 1.32. The van der Waals surface area contributed by atoms with Crippen LogP contribution in [0.1, 0.15) is 25.5 Å². The Labute approximate surface area is 90.3 Å². The fourth-order valence-corrected chi connectivity index (χ4v) is 2.13. The van der Waals surface area contributed by atoms with E-state index in [1.54, 1.807) is 16.8 Å². The summed E-state index contributed by atoms with van der Waals surface area (Å²) < 4.78 is 2.58. The largest absolute Gasteiger partial charge is 0.384 e. The van der Waals surface area contributed by atoms with Crippen LogP contribution in [-0.4, -0.2) is 14.6 Å². The first kappa shape index (κ1) is 9.45. The average molecular weight is 255 g/mol. The van der Waals surface area contributed by atoms with Gasteiger partial charge in [0.2, 0.25) is 0 Å². The number of nitrogens with two attached hydrogens (primary N) is 1. The van der Waals surface area contributed by atoms with Crippen LogP contribution in [-0.2, 0) is 0 Å². The number of halogens is 1. The molecule has 0 saturated carbocycles. The monoisotopic (exact) mass is 254 g/mol. The molecule has 0 radical (unpaired) electrons. The lowest BCUT2D eigenvalue weighted by Gasteiger charge is -1.97. The van der Waals surface area contributed by atoms with E-state index in [-0.39, 0.29) is 0 Å². The smallest absolute Gasteiger partial charge is 0.171 e. The van der Waals surface area contributed by atoms with Crippen molar-refractivity contribution in [2.75, 3.05) is 5.73 Å². The lowest BCUT2D eigenvalue weighted by atomic mass is 10.1. The van der Waals surface area contributed by atoms with E-state index in [1.807, 2.05) is 0 Å². The molecule has 0 aliphatic carbocycles. The van der Waals surface area contributed by atoms with E-state index in [4.69, 9.17) is 5.73 Å². The summed E-state index contributed by atoms with van der Waals surface area (Å²) >= 11 is 3.49. The SMILES string of the molecule is CC(C)c1nn2c(N)ccnc2c1Br. The van der Waals surface area contributed by atoms with Crippen LogP contribution < -0.4 is 5.73 Å². The van der Waals surface area contributed by atoms with Gasteiger partial charge in [-0.2, -0.15) is 9.61 Å². The normalized spacial score (nSPS) is 11.4. The third-order valence-corrected chi connectivity index (χ3v) is 2.82. The van der Waals surface area contributed by atoms with Crippen LogP contribution in [0.4, 0.5) is 5.82 Å². The lowest BCUT2D eigenvalue weighted by Crippen LogP contribution is -1.99. The van der Waals surface area contributed by atoms with Crippen molar-refractivity contribution in [3.63, 3.8) is 0 Å². The Balaban J connectivity index is 2.80. The van der Waals surface area contributed by atoms with Crippen LogP contribution in [0.5, 0.6) is 0 Å². The molecule has 5 heteroatoms. The van der Waals surface area contributed by atoms with Gasteiger partial charge in [0.1, 0.15) is 5.82 Å². The van der Waals surface area contributed by atoms with Gasteiger partial charge in [-0.25, -0.2) is 4.98 Å². The molecule has 2 rings (SSSR count). The van der Waals surface area contributed by atoms with Crippen molar-refractivity contribution in [3.05, 3.63) is 22.4 Å². The topological polar surface area (TPSA) is 56.2 Å². The summed E-state index contributed by atoms with van der Waals surface area (Å²) in [6, 6.07) is 1.73. The van der Waals surface area contributed by atoms with Gasteiger partial charge in [-0.1, -0.05) is 13.8 Å². The lowest BCUT2D eigenvalue weighted by molar-refractivity contribution is 0.787. The molecule has 2 aromatic rings. The number of hydrogen-bond donors (Lipinski definition) is 1. The molecule has 0 spiro atoms. The summed E-state index contributed by atoms with van der Waals surface area (Å²) in [6.07, 6.45) is 1.68. The van der Waals surface area contributed by atoms with E-state index in [2.05, 4.69) is 39.9 Å². The Morgan fingerprint density at radius 1 is 1.50 bits per heavy atom. The number of nitrogen functional groups attached to an aromatic ring is 1. The molecule has 2 heterocycles. The highest BCUT2D eigenvalue weighted by atomic mass is 79.9. The Hall–Kier alpha value is -1.10. The first-order chi connectivity index (χ1) is 6.61. The van der Waals surface area contributed by atoms with E-state index >= 15 is 0 Å². The molecular weight excluding hydrogens is 244 g/mol. The third-order valence-electron chi connectivity index (χ3n) is 2.06. The summed E-state index contributed by atoms with van der Waals surface area (Å²) in [5, 5.41) is 4.39. The van der Waals surface area contributed by atoms with Crippen LogP contribution in [0.2, 0.25) is 0 Å². The molecule has 2 N–H and O–H groups in total. The molecule has 2 aromatic heterocycles. The molecule has 14 heavy (non-hydrogen) atoms. The maximum Gasteiger partial charge on any atom is 0.171 e. The van der Waals surface area contributed by atoms with E-state index in [1.165, 1.54) is 0 Å². The molecule has 0 unspecified atom stereocenters. The van der Waals surface area contributed by atoms with Crippen molar-refractivity contribution >= 4 is 27.4 Å². The number of hydrogen-bond acceptors (Lipinski definition) is 3. The molecular formula is C9H11BrN4. The average Bonchev–Trinajstić information content (AvgIpc) is 2.46. The van der Waals surface area contributed by atoms with Crippen LogP contribution in [0.15, 0.2) is 16.7 Å². The zero-order valence-corrected chi connectivity index (χ0v) is 9.62. The molecule has 0 aliphatic heterocycles. The summed E-state index contributed by atoms with van der Waals surface area (Å²) in [7, 11) is 0. The number of fused-ring (bicyclic) bond motifs is 1. The van der Waals surface area contributed by atoms with Gasteiger partial charge < -0.3 is 5.73 Å². The molecule has 0 aromatic carbocycles. The summed E-state index contributed by atoms with van der Waals surface area (Å²) in [6.45, 7) is 4.17. The third kappa shape index (κ3) is 1.28. The Morgan fingerprint density at radius 3 is 2.79 bits per heavy atom. The van der Waals surface area contributed by atoms with E-state index in [0.717, 1.165) is 15.8 Å². The van der Waals surface area contributed by atoms with Crippen molar-refractivity contribution in [3.8, 4) is 0 Å². The Kier molecular flexibility index (Phi) is 2.19. The van der Waals surface area contributed by atoms with E-state index in [9.17, 15) is 0 Å². The van der Waals surface area contributed by atoms with Crippen LogP contribution in [0.25, 0.3) is 5.65 Å². The van der Waals surface area contributed by atoms with Crippen LogP contribution in [0.3, 0.4) is 0 Å². The molecule has 0 atom stereocenters. The number of nitrogens with zero attached hydrogens (tertiary/aromatic N) is 3. The van der Waals surface area contributed by atoms with Gasteiger partial charge >= 0.3 is 0 Å². The Bertz CT molecular complexity index is 475. The highest BCUT2D eigenvalue weighted by Crippen LogP contribution is 2.27. The molecule has 0 bridgehead atoms. The van der Waals surface area contributed by atoms with Crippen molar-refractivity contribution in [1.82, 2.24) is 14.6 Å². The predicted molar refractivity (Wildman–Crippen MR) is 59.2 cm³/mol. The van der Waals surface area contributed by atoms with Crippen molar-refractivity contribution < 1.29 is 0 Å². The van der Waals surface area contributed by atoms with Gasteiger partial charge in [-0.3, -0.25) is 0 Å². The number of aromatic nitrogens is 3. The summed E-state index contributed by atoms with van der Waals surface area (Å²) in [5.41, 5.74) is 7.53. The minimum Gasteiger partial charge on any atom is -0.384 e. The van der Waals surface area contributed by atoms with Crippen molar-refractivity contribution in [2.24, 2.45) is 0 Å². The summed E-state index contributed by atoms with van der Waals surface area (Å²) in [5.74, 6) is 0.952. The van der Waals surface area contributed by atoms with Crippen molar-refractivity contribution in [1.29, 1.82) is 0 Å². The first-order valence-corrected chi connectivity index (χ1v) is 5.19. The van der Waals surface area contributed by atoms with Crippen LogP contribution in [0, 0.1) is 0 Å². The predicted octanol–water partition coefficient (Wildman–Crippen LogP) is 2.20. The van der Waals surface area contributed by atoms with Gasteiger partial charge in [0.05, 0.1) is 10.2 Å². The zero-order valence-electron chi connectivity index (χ0n) is 8.03. The highest BCUT2D eigenvalue weighted by molar-refractivity contribution is 9.10. The first-order valence-electron chi connectivity index (χ1n) is 4.40. The van der Waals surface area contributed by atoms with Gasteiger partial charge in [0.25, 0.3) is 0 Å². The summed E-state index contributed by atoms with van der Waals surface area (Å²) in [4.78, 5) is 4.22. The maximum absolute atomic E-state index is 5.78. The fraction of sp³-hybridized carbons (Fsp3) is 0.333. The highest BCUT2D eigenvalue weighted by Gasteiger charge is 2.14. The second-order valence-electron chi connectivity index (χ2n) is 3.46. The molecule has 0 fully saturated rings. The standard InChI is InChI=1S/C9H11BrN4/c1-5(2)8-7(10)9-12-4-3-6(11)14(9)13-8/h3-5H,11H2,1-2H3. The zero-order chi connectivity index (χ0) is 10.3. The molecule has 0 amide bonds. The molecule has 4 nitrogen and oxygen atoms in total. The van der Waals surface area contributed by atoms with Gasteiger partial charge in [0.15, 0.2) is 5.65 Å². The molecule has 0 aliphatic rings. The minimum absolute atomic E-state index is 0.352. The maximum atomic E-state index is 5.78. The van der Waals surface area contributed by atoms with Gasteiger partial charge in [-0.15, -0.1) is 0 Å². The quantitative estimate of drug-likeness (QED) is 0.849. The minimum atomic E-state index is 0.352. The molecule has 0 saturated heterocycles. The Morgan fingerprint density at radius 2 is 2.21 bits per heavy atom. The van der Waals surface area contributed by atoms with E-state index in [0.29, 0.717) is 11.7 Å². The van der Waals surface area contributed by atoms with Gasteiger partial charge in [-0.05, 0) is 27.9 Å². The van der Waals surface area contributed by atoms with Crippen LogP contribution >= 0.6 is 15.9 Å². The van der Waals surface area contributed by atoms with Crippen molar-refractivity contribution in [2.45, 2.75) is 19.8 Å². The van der Waals surface area contributed by atoms with Gasteiger partial charge in [0, 0.05) is 6.20 Å². The second kappa shape index (κ2) is 3.24. The number of anilines is 1. The number of rotatable bonds is 1. The second-order valence-corrected chi connectivity index (χ2v) is 4.25. The molecule has 74 valence electrons.